The van der Waals surface area contributed by atoms with Gasteiger partial charge in [-0.2, -0.15) is 0 Å². The lowest BCUT2D eigenvalue weighted by Crippen LogP contribution is -2.52. The van der Waals surface area contributed by atoms with Gasteiger partial charge in [0.2, 0.25) is 5.82 Å². The van der Waals surface area contributed by atoms with Crippen molar-refractivity contribution in [2.75, 3.05) is 32.7 Å². The quantitative estimate of drug-likeness (QED) is 0.843. The van der Waals surface area contributed by atoms with Crippen LogP contribution in [0.25, 0.3) is 0 Å². The Labute approximate surface area is 125 Å². The minimum Gasteiger partial charge on any atom is -0.389 e. The largest absolute Gasteiger partial charge is 0.389 e. The number of nitrogens with zero attached hydrogens (tertiary/aromatic N) is 4. The highest BCUT2D eigenvalue weighted by atomic mass is 16.3. The molecule has 2 rings (SSSR count). The fraction of sp³-hybridized carbons (Fsp3) is 0.786. The maximum atomic E-state index is 12.3. The van der Waals surface area contributed by atoms with Crippen LogP contribution < -0.4 is 0 Å². The molecule has 7 heteroatoms. The van der Waals surface area contributed by atoms with E-state index in [0.717, 1.165) is 18.9 Å². The molecule has 1 aliphatic rings. The van der Waals surface area contributed by atoms with Gasteiger partial charge in [-0.3, -0.25) is 14.8 Å². The van der Waals surface area contributed by atoms with E-state index in [0.29, 0.717) is 19.6 Å². The van der Waals surface area contributed by atoms with E-state index in [-0.39, 0.29) is 17.6 Å². The summed E-state index contributed by atoms with van der Waals surface area (Å²) in [5.41, 5.74) is -0.706. The number of hydrogen-bond donors (Lipinski definition) is 2. The zero-order chi connectivity index (χ0) is 15.6. The van der Waals surface area contributed by atoms with Crippen LogP contribution in [0.15, 0.2) is 0 Å². The molecule has 0 atom stereocenters. The van der Waals surface area contributed by atoms with E-state index in [1.807, 2.05) is 13.8 Å². The molecular weight excluding hydrogens is 270 g/mol. The summed E-state index contributed by atoms with van der Waals surface area (Å²) in [6.45, 7) is 11.0. The summed E-state index contributed by atoms with van der Waals surface area (Å²) in [6, 6.07) is 0. The minimum absolute atomic E-state index is 0.124. The van der Waals surface area contributed by atoms with E-state index < -0.39 is 5.60 Å². The molecule has 0 bridgehead atoms. The molecule has 0 saturated carbocycles. The zero-order valence-corrected chi connectivity index (χ0v) is 13.3. The van der Waals surface area contributed by atoms with Crippen LogP contribution in [-0.2, 0) is 0 Å². The van der Waals surface area contributed by atoms with E-state index in [4.69, 9.17) is 0 Å². The van der Waals surface area contributed by atoms with E-state index in [9.17, 15) is 9.90 Å². The van der Waals surface area contributed by atoms with Gasteiger partial charge in [-0.1, -0.05) is 13.8 Å². The van der Waals surface area contributed by atoms with Crippen molar-refractivity contribution < 1.29 is 9.90 Å². The van der Waals surface area contributed by atoms with Crippen LogP contribution >= 0.6 is 0 Å². The van der Waals surface area contributed by atoms with Crippen LogP contribution in [0.5, 0.6) is 0 Å². The molecule has 7 nitrogen and oxygen atoms in total. The number of nitrogens with one attached hydrogen (secondary N) is 1. The Morgan fingerprint density at radius 2 is 1.95 bits per heavy atom. The fourth-order valence-corrected chi connectivity index (χ4v) is 2.43. The number of aromatic amines is 1. The van der Waals surface area contributed by atoms with Gasteiger partial charge in [-0.05, 0) is 13.8 Å². The van der Waals surface area contributed by atoms with Crippen molar-refractivity contribution in [2.24, 2.45) is 0 Å². The van der Waals surface area contributed by atoms with E-state index in [1.165, 1.54) is 0 Å². The van der Waals surface area contributed by atoms with Gasteiger partial charge in [0.05, 0.1) is 5.60 Å². The molecule has 1 aromatic heterocycles. The number of H-pyrrole nitrogens is 1. The number of piperazine rings is 1. The lowest BCUT2D eigenvalue weighted by atomic mass is 10.1. The predicted octanol–water partition coefficient (Wildman–Crippen LogP) is 0.457. The summed E-state index contributed by atoms with van der Waals surface area (Å²) >= 11 is 0. The first-order chi connectivity index (χ1) is 9.76. The van der Waals surface area contributed by atoms with Crippen molar-refractivity contribution in [1.29, 1.82) is 0 Å². The summed E-state index contributed by atoms with van der Waals surface area (Å²) in [5.74, 6) is 1.08. The molecule has 118 valence electrons. The van der Waals surface area contributed by atoms with Gasteiger partial charge in [0, 0.05) is 38.6 Å². The molecule has 1 saturated heterocycles. The molecule has 0 radical (unpaired) electrons. The SMILES string of the molecule is CC(C)c1nc(C(=O)N2CCN(CC(C)(C)O)CC2)n[nH]1. The van der Waals surface area contributed by atoms with Gasteiger partial charge in [0.15, 0.2) is 0 Å². The number of aromatic nitrogens is 3. The molecule has 0 aromatic carbocycles. The molecule has 2 N–H and O–H groups in total. The average molecular weight is 295 g/mol. The Kier molecular flexibility index (Phi) is 4.63. The molecule has 0 spiro atoms. The van der Waals surface area contributed by atoms with Crippen molar-refractivity contribution in [1.82, 2.24) is 25.0 Å². The summed E-state index contributed by atoms with van der Waals surface area (Å²) in [4.78, 5) is 20.5. The van der Waals surface area contributed by atoms with Crippen molar-refractivity contribution in [3.05, 3.63) is 11.6 Å². The molecule has 2 heterocycles. The van der Waals surface area contributed by atoms with Crippen LogP contribution in [0.2, 0.25) is 0 Å². The third-order valence-corrected chi connectivity index (χ3v) is 3.51. The molecule has 0 aliphatic carbocycles. The zero-order valence-electron chi connectivity index (χ0n) is 13.3. The summed E-state index contributed by atoms with van der Waals surface area (Å²) in [5, 5.41) is 16.7. The van der Waals surface area contributed by atoms with Crippen LogP contribution in [0.4, 0.5) is 0 Å². The van der Waals surface area contributed by atoms with Gasteiger partial charge < -0.3 is 10.0 Å². The molecule has 1 fully saturated rings. The topological polar surface area (TPSA) is 85.3 Å². The Morgan fingerprint density at radius 3 is 2.43 bits per heavy atom. The van der Waals surface area contributed by atoms with Gasteiger partial charge >= 0.3 is 0 Å². The van der Waals surface area contributed by atoms with Crippen LogP contribution in [-0.4, -0.2) is 74.3 Å². The Balaban J connectivity index is 1.90. The van der Waals surface area contributed by atoms with Crippen LogP contribution in [0.3, 0.4) is 0 Å². The molecule has 1 aliphatic heterocycles. The van der Waals surface area contributed by atoms with Gasteiger partial charge in [-0.15, -0.1) is 5.10 Å². The highest BCUT2D eigenvalue weighted by Gasteiger charge is 2.27. The molecular formula is C14H25N5O2. The lowest BCUT2D eigenvalue weighted by molar-refractivity contribution is 0.0176. The normalized spacial score (nSPS) is 17.5. The highest BCUT2D eigenvalue weighted by molar-refractivity contribution is 5.90. The van der Waals surface area contributed by atoms with Crippen LogP contribution in [0.1, 0.15) is 50.1 Å². The van der Waals surface area contributed by atoms with Gasteiger partial charge in [-0.25, -0.2) is 4.98 Å². The van der Waals surface area contributed by atoms with E-state index >= 15 is 0 Å². The first-order valence-electron chi connectivity index (χ1n) is 7.42. The summed E-state index contributed by atoms with van der Waals surface area (Å²) < 4.78 is 0. The monoisotopic (exact) mass is 295 g/mol. The van der Waals surface area contributed by atoms with Crippen molar-refractivity contribution in [3.63, 3.8) is 0 Å². The summed E-state index contributed by atoms with van der Waals surface area (Å²) in [6.07, 6.45) is 0. The third kappa shape index (κ3) is 4.25. The number of hydrogen-bond acceptors (Lipinski definition) is 5. The Hall–Kier alpha value is -1.47. The number of rotatable bonds is 4. The standard InChI is InChI=1S/C14H25N5O2/c1-10(2)11-15-12(17-16-11)13(20)19-7-5-18(6-8-19)9-14(3,4)21/h10,21H,5-9H2,1-4H3,(H,15,16,17). The van der Waals surface area contributed by atoms with E-state index in [2.05, 4.69) is 20.1 Å². The highest BCUT2D eigenvalue weighted by Crippen LogP contribution is 2.12. The number of amides is 1. The summed E-state index contributed by atoms with van der Waals surface area (Å²) in [7, 11) is 0. The molecule has 0 unspecified atom stereocenters. The average Bonchev–Trinajstić information content (AvgIpc) is 2.86. The Bertz CT molecular complexity index is 484. The Morgan fingerprint density at radius 1 is 1.33 bits per heavy atom. The smallest absolute Gasteiger partial charge is 0.293 e. The number of aliphatic hydroxyl groups is 1. The van der Waals surface area contributed by atoms with Gasteiger partial charge in [0.1, 0.15) is 5.82 Å². The second kappa shape index (κ2) is 6.11. The molecule has 1 amide bonds. The minimum atomic E-state index is -0.706. The number of carbonyl (C=O) groups excluding carboxylic acids is 1. The first kappa shape index (κ1) is 15.9. The van der Waals surface area contributed by atoms with Crippen molar-refractivity contribution >= 4 is 5.91 Å². The van der Waals surface area contributed by atoms with E-state index in [1.54, 1.807) is 18.7 Å². The second-order valence-corrected chi connectivity index (χ2v) is 6.58. The maximum absolute atomic E-state index is 12.3. The lowest BCUT2D eigenvalue weighted by Gasteiger charge is -2.36. The maximum Gasteiger partial charge on any atom is 0.293 e. The predicted molar refractivity (Wildman–Crippen MR) is 79.1 cm³/mol. The number of carbonyl (C=O) groups is 1. The fourth-order valence-electron chi connectivity index (χ4n) is 2.43. The molecule has 21 heavy (non-hydrogen) atoms. The molecule has 1 aromatic rings. The third-order valence-electron chi connectivity index (χ3n) is 3.51. The van der Waals surface area contributed by atoms with Gasteiger partial charge in [0.25, 0.3) is 5.91 Å². The van der Waals surface area contributed by atoms with Crippen molar-refractivity contribution in [3.8, 4) is 0 Å². The number of β-amino-alcohol motifs (C(OH)–C–C–N with tert-alkyl or cyclic N) is 1. The first-order valence-corrected chi connectivity index (χ1v) is 7.42. The second-order valence-electron chi connectivity index (χ2n) is 6.58. The van der Waals surface area contributed by atoms with Crippen LogP contribution in [0, 0.1) is 0 Å². The van der Waals surface area contributed by atoms with Crippen molar-refractivity contribution in [2.45, 2.75) is 39.2 Å².